The smallest absolute Gasteiger partial charge is 0.257 e. The molecular weight excluding hydrogens is 264 g/mol. The van der Waals surface area contributed by atoms with Crippen molar-refractivity contribution in [2.75, 3.05) is 19.0 Å². The van der Waals surface area contributed by atoms with Crippen molar-refractivity contribution in [2.45, 2.75) is 19.8 Å². The predicted molar refractivity (Wildman–Crippen MR) is 74.5 cm³/mol. The molecule has 2 aromatic rings. The number of rotatable bonds is 6. The Morgan fingerprint density at radius 1 is 1.42 bits per heavy atom. The molecule has 0 aromatic carbocycles. The van der Waals surface area contributed by atoms with Gasteiger partial charge in [-0.2, -0.15) is 5.10 Å². The average molecular weight is 281 g/mol. The number of nitrogens with zero attached hydrogens (tertiary/aromatic N) is 4. The van der Waals surface area contributed by atoms with Crippen LogP contribution in [-0.4, -0.2) is 44.4 Å². The van der Waals surface area contributed by atoms with E-state index in [0.29, 0.717) is 18.0 Å². The van der Waals surface area contributed by atoms with Gasteiger partial charge in [0.15, 0.2) is 0 Å². The Labute approximate surface area is 117 Å². The van der Waals surface area contributed by atoms with Crippen LogP contribution in [0.5, 0.6) is 0 Å². The summed E-state index contributed by atoms with van der Waals surface area (Å²) in [6.07, 6.45) is 8.62. The van der Waals surface area contributed by atoms with Crippen molar-refractivity contribution >= 4 is 23.0 Å². The number of hydrogen-bond donors (Lipinski definition) is 0. The van der Waals surface area contributed by atoms with Crippen LogP contribution in [0.2, 0.25) is 0 Å². The molecule has 0 aliphatic carbocycles. The molecule has 0 fully saturated rings. The Morgan fingerprint density at radius 2 is 2.26 bits per heavy atom. The van der Waals surface area contributed by atoms with Gasteiger partial charge < -0.3 is 4.90 Å². The van der Waals surface area contributed by atoms with Gasteiger partial charge in [0.05, 0.1) is 23.5 Å². The van der Waals surface area contributed by atoms with Crippen molar-refractivity contribution in [2.24, 2.45) is 0 Å². The van der Waals surface area contributed by atoms with Crippen LogP contribution in [0.1, 0.15) is 30.1 Å². The minimum atomic E-state index is -0.0305. The zero-order valence-corrected chi connectivity index (χ0v) is 11.7. The number of carbonyl (C=O) groups is 1. The average Bonchev–Trinajstić information content (AvgIpc) is 2.86. The SMILES string of the molecule is CCCCN(CCCl)C(=O)c1cnn2ccncc12. The first-order valence-electron chi connectivity index (χ1n) is 6.40. The number of alkyl halides is 1. The predicted octanol–water partition coefficient (Wildman–Crippen LogP) is 2.21. The molecule has 5 nitrogen and oxygen atoms in total. The molecule has 2 heterocycles. The van der Waals surface area contributed by atoms with Crippen molar-refractivity contribution in [1.29, 1.82) is 0 Å². The first kappa shape index (κ1) is 13.8. The lowest BCUT2D eigenvalue weighted by Crippen LogP contribution is -2.33. The van der Waals surface area contributed by atoms with Crippen molar-refractivity contribution in [3.05, 3.63) is 30.4 Å². The lowest BCUT2D eigenvalue weighted by molar-refractivity contribution is 0.0765. The molecule has 0 unspecified atom stereocenters. The molecule has 0 saturated heterocycles. The molecule has 0 bridgehead atoms. The van der Waals surface area contributed by atoms with Gasteiger partial charge in [-0.15, -0.1) is 11.6 Å². The van der Waals surface area contributed by atoms with E-state index in [1.54, 1.807) is 34.2 Å². The lowest BCUT2D eigenvalue weighted by atomic mass is 10.2. The van der Waals surface area contributed by atoms with Crippen LogP contribution in [-0.2, 0) is 0 Å². The number of unbranched alkanes of at least 4 members (excludes halogenated alkanes) is 1. The molecule has 0 radical (unpaired) electrons. The second-order valence-electron chi connectivity index (χ2n) is 4.30. The molecular formula is C13H17ClN4O. The Hall–Kier alpha value is -1.62. The Kier molecular flexibility index (Phi) is 4.74. The van der Waals surface area contributed by atoms with Crippen molar-refractivity contribution in [3.63, 3.8) is 0 Å². The summed E-state index contributed by atoms with van der Waals surface area (Å²) < 4.78 is 1.65. The zero-order chi connectivity index (χ0) is 13.7. The van der Waals surface area contributed by atoms with Gasteiger partial charge in [-0.1, -0.05) is 13.3 Å². The standard InChI is InChI=1S/C13H17ClN4O/c1-2-3-6-17(7-4-14)13(19)11-9-16-18-8-5-15-10-12(11)18/h5,8-10H,2-4,6-7H2,1H3. The van der Waals surface area contributed by atoms with Gasteiger partial charge in [-0.3, -0.25) is 9.78 Å². The largest absolute Gasteiger partial charge is 0.337 e. The van der Waals surface area contributed by atoms with Gasteiger partial charge in [0.2, 0.25) is 0 Å². The van der Waals surface area contributed by atoms with Gasteiger partial charge in [-0.05, 0) is 6.42 Å². The topological polar surface area (TPSA) is 50.5 Å². The zero-order valence-electron chi connectivity index (χ0n) is 10.9. The molecule has 2 rings (SSSR count). The van der Waals surface area contributed by atoms with Crippen molar-refractivity contribution in [1.82, 2.24) is 19.5 Å². The van der Waals surface area contributed by atoms with Crippen LogP contribution in [0.4, 0.5) is 0 Å². The first-order valence-corrected chi connectivity index (χ1v) is 6.94. The number of aromatic nitrogens is 3. The molecule has 1 amide bonds. The van der Waals surface area contributed by atoms with Gasteiger partial charge >= 0.3 is 0 Å². The summed E-state index contributed by atoms with van der Waals surface area (Å²) in [6, 6.07) is 0. The molecule has 0 aliphatic rings. The molecule has 19 heavy (non-hydrogen) atoms. The number of halogens is 1. The number of amides is 1. The van der Waals surface area contributed by atoms with E-state index in [9.17, 15) is 4.79 Å². The van der Waals surface area contributed by atoms with Crippen LogP contribution in [0.25, 0.3) is 5.52 Å². The van der Waals surface area contributed by atoms with Crippen LogP contribution < -0.4 is 0 Å². The highest BCUT2D eigenvalue weighted by molar-refractivity contribution is 6.18. The molecule has 6 heteroatoms. The number of carbonyl (C=O) groups excluding carboxylic acids is 1. The maximum Gasteiger partial charge on any atom is 0.257 e. The lowest BCUT2D eigenvalue weighted by Gasteiger charge is -2.20. The molecule has 102 valence electrons. The van der Waals surface area contributed by atoms with E-state index >= 15 is 0 Å². The summed E-state index contributed by atoms with van der Waals surface area (Å²) in [5.41, 5.74) is 1.30. The van der Waals surface area contributed by atoms with Gasteiger partial charge in [-0.25, -0.2) is 4.52 Å². The molecule has 0 atom stereocenters. The van der Waals surface area contributed by atoms with E-state index in [4.69, 9.17) is 11.6 Å². The highest BCUT2D eigenvalue weighted by Crippen LogP contribution is 2.12. The van der Waals surface area contributed by atoms with E-state index in [0.717, 1.165) is 24.9 Å². The highest BCUT2D eigenvalue weighted by Gasteiger charge is 2.19. The first-order chi connectivity index (χ1) is 9.27. The van der Waals surface area contributed by atoms with Crippen LogP contribution in [0, 0.1) is 0 Å². The summed E-state index contributed by atoms with van der Waals surface area (Å²) in [7, 11) is 0. The summed E-state index contributed by atoms with van der Waals surface area (Å²) in [6.45, 7) is 3.38. The Bertz CT molecular complexity index is 554. The third-order valence-corrected chi connectivity index (χ3v) is 3.15. The fourth-order valence-electron chi connectivity index (χ4n) is 1.94. The van der Waals surface area contributed by atoms with Crippen LogP contribution in [0.3, 0.4) is 0 Å². The fraction of sp³-hybridized carbons (Fsp3) is 0.462. The third kappa shape index (κ3) is 3.04. The summed E-state index contributed by atoms with van der Waals surface area (Å²) in [5, 5.41) is 4.16. The van der Waals surface area contributed by atoms with Gasteiger partial charge in [0.1, 0.15) is 0 Å². The summed E-state index contributed by atoms with van der Waals surface area (Å²) in [4.78, 5) is 18.3. The minimum absolute atomic E-state index is 0.0305. The maximum absolute atomic E-state index is 12.5. The number of fused-ring (bicyclic) bond motifs is 1. The summed E-state index contributed by atoms with van der Waals surface area (Å²) >= 11 is 5.77. The van der Waals surface area contributed by atoms with E-state index in [1.165, 1.54) is 0 Å². The molecule has 2 aromatic heterocycles. The van der Waals surface area contributed by atoms with Gasteiger partial charge in [0, 0.05) is 31.4 Å². The van der Waals surface area contributed by atoms with Crippen LogP contribution in [0.15, 0.2) is 24.8 Å². The van der Waals surface area contributed by atoms with Gasteiger partial charge in [0.25, 0.3) is 5.91 Å². The van der Waals surface area contributed by atoms with E-state index < -0.39 is 0 Å². The van der Waals surface area contributed by atoms with Crippen molar-refractivity contribution < 1.29 is 4.79 Å². The Balaban J connectivity index is 2.25. The summed E-state index contributed by atoms with van der Waals surface area (Å²) in [5.74, 6) is 0.407. The highest BCUT2D eigenvalue weighted by atomic mass is 35.5. The third-order valence-electron chi connectivity index (χ3n) is 2.98. The Morgan fingerprint density at radius 3 is 3.00 bits per heavy atom. The minimum Gasteiger partial charge on any atom is -0.337 e. The second kappa shape index (κ2) is 6.52. The molecule has 0 saturated carbocycles. The second-order valence-corrected chi connectivity index (χ2v) is 4.68. The molecule has 0 aliphatic heterocycles. The molecule has 0 spiro atoms. The van der Waals surface area contributed by atoms with E-state index in [-0.39, 0.29) is 5.91 Å². The molecule has 0 N–H and O–H groups in total. The fourth-order valence-corrected chi connectivity index (χ4v) is 2.14. The van der Waals surface area contributed by atoms with E-state index in [1.807, 2.05) is 0 Å². The normalized spacial score (nSPS) is 10.8. The van der Waals surface area contributed by atoms with Crippen LogP contribution >= 0.6 is 11.6 Å². The monoisotopic (exact) mass is 280 g/mol. The maximum atomic E-state index is 12.5. The van der Waals surface area contributed by atoms with E-state index in [2.05, 4.69) is 17.0 Å². The quantitative estimate of drug-likeness (QED) is 0.762. The number of hydrogen-bond acceptors (Lipinski definition) is 3. The van der Waals surface area contributed by atoms with Crippen molar-refractivity contribution in [3.8, 4) is 0 Å².